The number of aryl methyl sites for hydroxylation is 1. The SMILES string of the molecule is Cc1ccc(S(=O)(=O)Nc2ccc(C(=O)Nc3ccc(Cl)cc3Cl)cc2Cl)cc1. The lowest BCUT2D eigenvalue weighted by molar-refractivity contribution is 0.102. The van der Waals surface area contributed by atoms with Crippen molar-refractivity contribution in [3.8, 4) is 0 Å². The van der Waals surface area contributed by atoms with E-state index in [4.69, 9.17) is 34.8 Å². The molecule has 3 rings (SSSR count). The third-order valence-corrected chi connectivity index (χ3v) is 6.23. The van der Waals surface area contributed by atoms with Crippen LogP contribution in [-0.2, 0) is 10.0 Å². The zero-order valence-corrected chi connectivity index (χ0v) is 18.1. The Morgan fingerprint density at radius 1 is 0.828 bits per heavy atom. The first-order valence-corrected chi connectivity index (χ1v) is 10.9. The number of benzene rings is 3. The largest absolute Gasteiger partial charge is 0.321 e. The molecule has 0 radical (unpaired) electrons. The third kappa shape index (κ3) is 5.22. The van der Waals surface area contributed by atoms with Crippen molar-refractivity contribution in [3.05, 3.63) is 86.9 Å². The Kier molecular flexibility index (Phi) is 6.39. The molecule has 0 aromatic heterocycles. The molecule has 0 bridgehead atoms. The van der Waals surface area contributed by atoms with Gasteiger partial charge in [0, 0.05) is 10.6 Å². The Morgan fingerprint density at radius 3 is 2.07 bits per heavy atom. The molecule has 0 aliphatic carbocycles. The van der Waals surface area contributed by atoms with Crippen molar-refractivity contribution < 1.29 is 13.2 Å². The molecule has 3 aromatic carbocycles. The van der Waals surface area contributed by atoms with Crippen LogP contribution in [-0.4, -0.2) is 14.3 Å². The van der Waals surface area contributed by atoms with Gasteiger partial charge in [-0.15, -0.1) is 0 Å². The maximum absolute atomic E-state index is 12.5. The maximum atomic E-state index is 12.5. The number of hydrogen-bond acceptors (Lipinski definition) is 3. The maximum Gasteiger partial charge on any atom is 0.261 e. The predicted octanol–water partition coefficient (Wildman–Crippen LogP) is 6.01. The van der Waals surface area contributed by atoms with Gasteiger partial charge < -0.3 is 5.32 Å². The number of hydrogen-bond donors (Lipinski definition) is 2. The molecule has 0 heterocycles. The summed E-state index contributed by atoms with van der Waals surface area (Å²) in [6.45, 7) is 1.86. The van der Waals surface area contributed by atoms with Crippen molar-refractivity contribution in [3.63, 3.8) is 0 Å². The Balaban J connectivity index is 1.79. The van der Waals surface area contributed by atoms with Crippen LogP contribution in [0.25, 0.3) is 0 Å². The van der Waals surface area contributed by atoms with E-state index in [1.54, 1.807) is 24.3 Å². The highest BCUT2D eigenvalue weighted by atomic mass is 35.5. The summed E-state index contributed by atoms with van der Waals surface area (Å²) < 4.78 is 27.5. The number of anilines is 2. The van der Waals surface area contributed by atoms with Crippen LogP contribution in [0.1, 0.15) is 15.9 Å². The van der Waals surface area contributed by atoms with Gasteiger partial charge >= 0.3 is 0 Å². The molecule has 29 heavy (non-hydrogen) atoms. The minimum Gasteiger partial charge on any atom is -0.321 e. The van der Waals surface area contributed by atoms with Crippen LogP contribution >= 0.6 is 34.8 Å². The molecule has 0 aliphatic rings. The van der Waals surface area contributed by atoms with Gasteiger partial charge in [0.05, 0.1) is 26.3 Å². The van der Waals surface area contributed by atoms with E-state index in [-0.39, 0.29) is 21.2 Å². The first-order chi connectivity index (χ1) is 13.7. The molecule has 0 spiro atoms. The molecule has 5 nitrogen and oxygen atoms in total. The van der Waals surface area contributed by atoms with Crippen molar-refractivity contribution in [1.82, 2.24) is 0 Å². The first kappa shape index (κ1) is 21.5. The molecule has 150 valence electrons. The van der Waals surface area contributed by atoms with Gasteiger partial charge in [0.15, 0.2) is 0 Å². The lowest BCUT2D eigenvalue weighted by Crippen LogP contribution is -2.15. The zero-order chi connectivity index (χ0) is 21.2. The summed E-state index contributed by atoms with van der Waals surface area (Å²) >= 11 is 18.1. The number of halogens is 3. The van der Waals surface area contributed by atoms with Gasteiger partial charge in [0.1, 0.15) is 0 Å². The summed E-state index contributed by atoms with van der Waals surface area (Å²) in [5.41, 5.74) is 1.73. The Morgan fingerprint density at radius 2 is 1.45 bits per heavy atom. The molecule has 0 unspecified atom stereocenters. The fraction of sp³-hybridized carbons (Fsp3) is 0.0500. The molecule has 9 heteroatoms. The van der Waals surface area contributed by atoms with Gasteiger partial charge in [-0.3, -0.25) is 9.52 Å². The van der Waals surface area contributed by atoms with Crippen LogP contribution < -0.4 is 10.0 Å². The van der Waals surface area contributed by atoms with Gasteiger partial charge in [-0.2, -0.15) is 0 Å². The van der Waals surface area contributed by atoms with Crippen LogP contribution in [0.15, 0.2) is 65.6 Å². The first-order valence-electron chi connectivity index (χ1n) is 8.31. The molecule has 2 N–H and O–H groups in total. The van der Waals surface area contributed by atoms with E-state index >= 15 is 0 Å². The molecular weight excluding hydrogens is 455 g/mol. The van der Waals surface area contributed by atoms with E-state index in [2.05, 4.69) is 10.0 Å². The zero-order valence-electron chi connectivity index (χ0n) is 15.0. The minimum atomic E-state index is -3.81. The van der Waals surface area contributed by atoms with Crippen LogP contribution in [0.5, 0.6) is 0 Å². The van der Waals surface area contributed by atoms with Gasteiger partial charge in [-0.1, -0.05) is 52.5 Å². The second-order valence-corrected chi connectivity index (χ2v) is 9.12. The molecule has 0 saturated carbocycles. The van der Waals surface area contributed by atoms with E-state index in [0.717, 1.165) is 5.56 Å². The normalized spacial score (nSPS) is 11.2. The molecule has 0 fully saturated rings. The van der Waals surface area contributed by atoms with Gasteiger partial charge in [0.25, 0.3) is 15.9 Å². The quantitative estimate of drug-likeness (QED) is 0.480. The molecule has 0 aliphatic heterocycles. The summed E-state index contributed by atoms with van der Waals surface area (Å²) in [5, 5.41) is 3.47. The summed E-state index contributed by atoms with van der Waals surface area (Å²) in [6.07, 6.45) is 0. The van der Waals surface area contributed by atoms with E-state index in [1.807, 2.05) is 6.92 Å². The van der Waals surface area contributed by atoms with Crippen molar-refractivity contribution in [2.45, 2.75) is 11.8 Å². The Labute approximate surface area is 183 Å². The molecule has 0 atom stereocenters. The number of nitrogens with one attached hydrogen (secondary N) is 2. The van der Waals surface area contributed by atoms with E-state index in [1.165, 1.54) is 36.4 Å². The highest BCUT2D eigenvalue weighted by molar-refractivity contribution is 7.92. The number of carbonyl (C=O) groups is 1. The average molecular weight is 470 g/mol. The lowest BCUT2D eigenvalue weighted by Gasteiger charge is -2.12. The number of sulfonamides is 1. The lowest BCUT2D eigenvalue weighted by atomic mass is 10.2. The van der Waals surface area contributed by atoms with Crippen LogP contribution in [0.4, 0.5) is 11.4 Å². The van der Waals surface area contributed by atoms with E-state index < -0.39 is 15.9 Å². The second-order valence-electron chi connectivity index (χ2n) is 6.19. The number of amides is 1. The fourth-order valence-electron chi connectivity index (χ4n) is 2.45. The summed E-state index contributed by atoms with van der Waals surface area (Å²) in [6, 6.07) is 15.3. The van der Waals surface area contributed by atoms with Crippen molar-refractivity contribution in [1.29, 1.82) is 0 Å². The summed E-state index contributed by atoms with van der Waals surface area (Å²) in [5.74, 6) is -0.455. The van der Waals surface area contributed by atoms with Gasteiger partial charge in [0.2, 0.25) is 0 Å². The molecule has 3 aromatic rings. The Bertz CT molecular complexity index is 1180. The number of rotatable bonds is 5. The second kappa shape index (κ2) is 8.63. The van der Waals surface area contributed by atoms with Crippen LogP contribution in [0.3, 0.4) is 0 Å². The predicted molar refractivity (Wildman–Crippen MR) is 118 cm³/mol. The summed E-state index contributed by atoms with van der Waals surface area (Å²) in [4.78, 5) is 12.6. The highest BCUT2D eigenvalue weighted by Gasteiger charge is 2.17. The molecular formula is C20H15Cl3N2O3S. The van der Waals surface area contributed by atoms with Gasteiger partial charge in [-0.25, -0.2) is 8.42 Å². The standard InChI is InChI=1S/C20H15Cl3N2O3S/c1-12-2-6-15(7-3-12)29(27,28)25-19-8-4-13(10-16(19)22)20(26)24-18-9-5-14(21)11-17(18)23/h2-11,25H,1H3,(H,24,26). The molecule has 0 saturated heterocycles. The smallest absolute Gasteiger partial charge is 0.261 e. The third-order valence-electron chi connectivity index (χ3n) is 3.99. The van der Waals surface area contributed by atoms with Crippen LogP contribution in [0.2, 0.25) is 15.1 Å². The van der Waals surface area contributed by atoms with Crippen molar-refractivity contribution in [2.75, 3.05) is 10.0 Å². The monoisotopic (exact) mass is 468 g/mol. The van der Waals surface area contributed by atoms with Crippen molar-refractivity contribution in [2.24, 2.45) is 0 Å². The van der Waals surface area contributed by atoms with Gasteiger partial charge in [-0.05, 0) is 55.5 Å². The minimum absolute atomic E-state index is 0.0792. The van der Waals surface area contributed by atoms with E-state index in [9.17, 15) is 13.2 Å². The summed E-state index contributed by atoms with van der Waals surface area (Å²) in [7, 11) is -3.81. The fourth-order valence-corrected chi connectivity index (χ4v) is 4.26. The topological polar surface area (TPSA) is 75.3 Å². The van der Waals surface area contributed by atoms with E-state index in [0.29, 0.717) is 15.7 Å². The van der Waals surface area contributed by atoms with Crippen molar-refractivity contribution >= 4 is 62.1 Å². The molecule has 1 amide bonds. The number of carbonyl (C=O) groups excluding carboxylic acids is 1. The van der Waals surface area contributed by atoms with Crippen LogP contribution in [0, 0.1) is 6.92 Å². The highest BCUT2D eigenvalue weighted by Crippen LogP contribution is 2.28. The Hall–Kier alpha value is -2.25. The average Bonchev–Trinajstić information content (AvgIpc) is 2.66.